The molecule has 1 heterocycles. The number of nitrogens with zero attached hydrogens (tertiary/aromatic N) is 2. The Kier molecular flexibility index (Phi) is 6.01. The normalized spacial score (nSPS) is 19.0. The Hall–Kier alpha value is -1.30. The molecule has 1 saturated heterocycles. The Labute approximate surface area is 127 Å². The van der Waals surface area contributed by atoms with Gasteiger partial charge in [0.25, 0.3) is 0 Å². The SMILES string of the molecule is CC(C)N(C[C@@H]1CCN(C(=O)CN)C1)C(=O)OC(C)(C)C. The standard InChI is InChI=1S/C15H29N3O3/c1-11(2)18(14(20)21-15(3,4)5)10-12-6-7-17(9-12)13(19)8-16/h11-12H,6-10,16H2,1-5H3/t12-/m1/s1. The summed E-state index contributed by atoms with van der Waals surface area (Å²) in [5.74, 6) is 0.265. The second-order valence-electron chi connectivity index (χ2n) is 6.93. The van der Waals surface area contributed by atoms with Crippen LogP contribution in [-0.4, -0.2) is 59.6 Å². The predicted octanol–water partition coefficient (Wildman–Crippen LogP) is 1.44. The molecule has 2 N–H and O–H groups in total. The molecular formula is C15H29N3O3. The number of nitrogens with two attached hydrogens (primary N) is 1. The van der Waals surface area contributed by atoms with Crippen molar-refractivity contribution in [2.45, 2.75) is 52.7 Å². The first-order valence-electron chi connectivity index (χ1n) is 7.61. The van der Waals surface area contributed by atoms with Crippen LogP contribution >= 0.6 is 0 Å². The molecule has 1 aliphatic heterocycles. The van der Waals surface area contributed by atoms with E-state index in [1.54, 1.807) is 9.80 Å². The minimum Gasteiger partial charge on any atom is -0.444 e. The average Bonchev–Trinajstić information content (AvgIpc) is 2.80. The van der Waals surface area contributed by atoms with Crippen LogP contribution in [0.5, 0.6) is 0 Å². The maximum absolute atomic E-state index is 12.3. The van der Waals surface area contributed by atoms with Crippen molar-refractivity contribution >= 4 is 12.0 Å². The second kappa shape index (κ2) is 7.11. The first-order chi connectivity index (χ1) is 9.64. The summed E-state index contributed by atoms with van der Waals surface area (Å²) in [4.78, 5) is 27.4. The van der Waals surface area contributed by atoms with E-state index in [9.17, 15) is 9.59 Å². The Morgan fingerprint density at radius 3 is 2.48 bits per heavy atom. The number of carbonyl (C=O) groups excluding carboxylic acids is 2. The number of rotatable bonds is 4. The fourth-order valence-corrected chi connectivity index (χ4v) is 2.43. The summed E-state index contributed by atoms with van der Waals surface area (Å²) in [5.41, 5.74) is 4.89. The molecule has 1 atom stereocenters. The van der Waals surface area contributed by atoms with Crippen LogP contribution in [0.4, 0.5) is 4.79 Å². The van der Waals surface area contributed by atoms with E-state index in [1.165, 1.54) is 0 Å². The van der Waals surface area contributed by atoms with Crippen molar-refractivity contribution in [2.75, 3.05) is 26.2 Å². The molecule has 0 aliphatic carbocycles. The molecule has 21 heavy (non-hydrogen) atoms. The lowest BCUT2D eigenvalue weighted by atomic mass is 10.1. The number of hydrogen-bond acceptors (Lipinski definition) is 4. The van der Waals surface area contributed by atoms with Crippen molar-refractivity contribution in [1.82, 2.24) is 9.80 Å². The molecule has 0 radical (unpaired) electrons. The first-order valence-corrected chi connectivity index (χ1v) is 7.61. The summed E-state index contributed by atoms with van der Waals surface area (Å²) in [6, 6.07) is 0.0686. The molecule has 0 aromatic heterocycles. The molecule has 0 aromatic carbocycles. The minimum absolute atomic E-state index is 0.0223. The van der Waals surface area contributed by atoms with Gasteiger partial charge in [-0.25, -0.2) is 4.79 Å². The summed E-state index contributed by atoms with van der Waals surface area (Å²) in [7, 11) is 0. The third kappa shape index (κ3) is 5.53. The molecule has 6 heteroatoms. The third-order valence-corrected chi connectivity index (χ3v) is 3.52. The van der Waals surface area contributed by atoms with Crippen molar-refractivity contribution in [1.29, 1.82) is 0 Å². The summed E-state index contributed by atoms with van der Waals surface area (Å²) >= 11 is 0. The highest BCUT2D eigenvalue weighted by molar-refractivity contribution is 5.78. The zero-order chi connectivity index (χ0) is 16.2. The van der Waals surface area contributed by atoms with Gasteiger partial charge in [-0.3, -0.25) is 4.79 Å². The predicted molar refractivity (Wildman–Crippen MR) is 81.8 cm³/mol. The van der Waals surface area contributed by atoms with Gasteiger partial charge in [0.1, 0.15) is 5.60 Å². The van der Waals surface area contributed by atoms with E-state index in [1.807, 2.05) is 34.6 Å². The van der Waals surface area contributed by atoms with Gasteiger partial charge in [0.15, 0.2) is 0 Å². The Balaban J connectivity index is 2.60. The maximum atomic E-state index is 12.3. The van der Waals surface area contributed by atoms with E-state index in [4.69, 9.17) is 10.5 Å². The zero-order valence-corrected chi connectivity index (χ0v) is 13.9. The van der Waals surface area contributed by atoms with Crippen molar-refractivity contribution in [3.8, 4) is 0 Å². The molecule has 0 spiro atoms. The molecule has 1 aliphatic rings. The monoisotopic (exact) mass is 299 g/mol. The first kappa shape index (κ1) is 17.8. The summed E-state index contributed by atoms with van der Waals surface area (Å²) in [5, 5.41) is 0. The van der Waals surface area contributed by atoms with E-state index in [-0.39, 0.29) is 30.5 Å². The quantitative estimate of drug-likeness (QED) is 0.852. The molecule has 0 saturated carbocycles. The van der Waals surface area contributed by atoms with Crippen LogP contribution < -0.4 is 5.73 Å². The average molecular weight is 299 g/mol. The summed E-state index contributed by atoms with van der Waals surface area (Å²) in [6.45, 7) is 11.6. The summed E-state index contributed by atoms with van der Waals surface area (Å²) < 4.78 is 5.45. The van der Waals surface area contributed by atoms with Crippen molar-refractivity contribution in [3.05, 3.63) is 0 Å². The van der Waals surface area contributed by atoms with Crippen LogP contribution in [0.15, 0.2) is 0 Å². The molecule has 1 rings (SSSR count). The number of ether oxygens (including phenoxy) is 1. The molecule has 122 valence electrons. The fourth-order valence-electron chi connectivity index (χ4n) is 2.43. The molecule has 0 bridgehead atoms. The molecular weight excluding hydrogens is 270 g/mol. The highest BCUT2D eigenvalue weighted by atomic mass is 16.6. The minimum atomic E-state index is -0.499. The topological polar surface area (TPSA) is 75.9 Å². The lowest BCUT2D eigenvalue weighted by Crippen LogP contribution is -2.44. The van der Waals surface area contributed by atoms with Crippen molar-refractivity contribution in [2.24, 2.45) is 11.7 Å². The second-order valence-corrected chi connectivity index (χ2v) is 6.93. The Morgan fingerprint density at radius 2 is 2.00 bits per heavy atom. The number of hydrogen-bond donors (Lipinski definition) is 1. The van der Waals surface area contributed by atoms with Gasteiger partial charge < -0.3 is 20.3 Å². The highest BCUT2D eigenvalue weighted by Gasteiger charge is 2.31. The van der Waals surface area contributed by atoms with Gasteiger partial charge in [-0.05, 0) is 47.0 Å². The molecule has 0 unspecified atom stereocenters. The number of amides is 2. The Morgan fingerprint density at radius 1 is 1.38 bits per heavy atom. The van der Waals surface area contributed by atoms with Gasteiger partial charge in [0.05, 0.1) is 6.54 Å². The molecule has 6 nitrogen and oxygen atoms in total. The Bertz CT molecular complexity index is 377. The van der Waals surface area contributed by atoms with E-state index in [2.05, 4.69) is 0 Å². The van der Waals surface area contributed by atoms with Crippen LogP contribution in [0.3, 0.4) is 0 Å². The fraction of sp³-hybridized carbons (Fsp3) is 0.867. The smallest absolute Gasteiger partial charge is 0.410 e. The van der Waals surface area contributed by atoms with E-state index >= 15 is 0 Å². The van der Waals surface area contributed by atoms with E-state index < -0.39 is 5.60 Å². The van der Waals surface area contributed by atoms with E-state index in [0.29, 0.717) is 13.1 Å². The van der Waals surface area contributed by atoms with Gasteiger partial charge in [-0.1, -0.05) is 0 Å². The molecule has 2 amide bonds. The van der Waals surface area contributed by atoms with Gasteiger partial charge in [-0.15, -0.1) is 0 Å². The number of likely N-dealkylation sites (tertiary alicyclic amines) is 1. The van der Waals surface area contributed by atoms with Crippen LogP contribution in [0, 0.1) is 5.92 Å². The van der Waals surface area contributed by atoms with Crippen LogP contribution in [0.25, 0.3) is 0 Å². The lowest BCUT2D eigenvalue weighted by molar-refractivity contribution is -0.128. The van der Waals surface area contributed by atoms with Gasteiger partial charge >= 0.3 is 6.09 Å². The van der Waals surface area contributed by atoms with Gasteiger partial charge in [0, 0.05) is 25.7 Å². The molecule has 0 aromatic rings. The third-order valence-electron chi connectivity index (χ3n) is 3.52. The van der Waals surface area contributed by atoms with Crippen molar-refractivity contribution in [3.63, 3.8) is 0 Å². The van der Waals surface area contributed by atoms with Crippen LogP contribution in [0.2, 0.25) is 0 Å². The summed E-state index contributed by atoms with van der Waals surface area (Å²) in [6.07, 6.45) is 0.610. The highest BCUT2D eigenvalue weighted by Crippen LogP contribution is 2.20. The van der Waals surface area contributed by atoms with E-state index in [0.717, 1.165) is 13.0 Å². The lowest BCUT2D eigenvalue weighted by Gasteiger charge is -2.31. The van der Waals surface area contributed by atoms with Crippen molar-refractivity contribution < 1.29 is 14.3 Å². The van der Waals surface area contributed by atoms with Gasteiger partial charge in [0.2, 0.25) is 5.91 Å². The van der Waals surface area contributed by atoms with Crippen LogP contribution in [-0.2, 0) is 9.53 Å². The van der Waals surface area contributed by atoms with Gasteiger partial charge in [-0.2, -0.15) is 0 Å². The maximum Gasteiger partial charge on any atom is 0.410 e. The van der Waals surface area contributed by atoms with Crippen LogP contribution in [0.1, 0.15) is 41.0 Å². The largest absolute Gasteiger partial charge is 0.444 e. The zero-order valence-electron chi connectivity index (χ0n) is 13.9. The molecule has 1 fully saturated rings. The number of carbonyl (C=O) groups is 2.